The van der Waals surface area contributed by atoms with E-state index in [0.29, 0.717) is 17.1 Å². The van der Waals surface area contributed by atoms with Gasteiger partial charge in [-0.05, 0) is 50.8 Å². The molecule has 0 radical (unpaired) electrons. The third-order valence-corrected chi connectivity index (χ3v) is 4.34. The fourth-order valence-corrected chi connectivity index (χ4v) is 3.35. The van der Waals surface area contributed by atoms with Crippen LogP contribution in [-0.2, 0) is 0 Å². The Morgan fingerprint density at radius 3 is 2.89 bits per heavy atom. The minimum Gasteiger partial charge on any atom is -0.352 e. The molecule has 0 aromatic carbocycles. The Kier molecular flexibility index (Phi) is 3.71. The number of anilines is 1. The van der Waals surface area contributed by atoms with E-state index in [2.05, 4.69) is 21.3 Å². The van der Waals surface area contributed by atoms with Gasteiger partial charge >= 0.3 is 0 Å². The molecule has 2 saturated heterocycles. The van der Waals surface area contributed by atoms with Crippen molar-refractivity contribution < 1.29 is 0 Å². The van der Waals surface area contributed by atoms with E-state index in [1.165, 1.54) is 38.6 Å². The molecule has 0 bridgehead atoms. The van der Waals surface area contributed by atoms with E-state index in [4.69, 9.17) is 11.6 Å². The molecule has 1 N–H and O–H groups in total. The first kappa shape index (κ1) is 12.2. The second-order valence-electron chi connectivity index (χ2n) is 5.29. The highest BCUT2D eigenvalue weighted by atomic mass is 35.5. The lowest BCUT2D eigenvalue weighted by atomic mass is 9.94. The largest absolute Gasteiger partial charge is 0.352 e. The molecular weight excluding hydrogens is 246 g/mol. The standard InChI is InChI=1S/C14H20ClN3/c15-11-6-7-14(17-10-11)18-9-2-1-5-13(18)12-4-3-8-16-12/h6-7,10,12-13,16H,1-5,8-9H2. The summed E-state index contributed by atoms with van der Waals surface area (Å²) < 4.78 is 0. The lowest BCUT2D eigenvalue weighted by Gasteiger charge is -2.40. The molecule has 18 heavy (non-hydrogen) atoms. The van der Waals surface area contributed by atoms with E-state index < -0.39 is 0 Å². The summed E-state index contributed by atoms with van der Waals surface area (Å²) in [6.45, 7) is 2.29. The first-order valence-corrected chi connectivity index (χ1v) is 7.34. The van der Waals surface area contributed by atoms with Crippen molar-refractivity contribution in [1.29, 1.82) is 0 Å². The van der Waals surface area contributed by atoms with Crippen molar-refractivity contribution in [2.45, 2.75) is 44.2 Å². The average Bonchev–Trinajstić information content (AvgIpc) is 2.93. The summed E-state index contributed by atoms with van der Waals surface area (Å²) in [5, 5.41) is 4.36. The predicted molar refractivity (Wildman–Crippen MR) is 75.3 cm³/mol. The van der Waals surface area contributed by atoms with Crippen molar-refractivity contribution in [1.82, 2.24) is 10.3 Å². The zero-order chi connectivity index (χ0) is 12.4. The highest BCUT2D eigenvalue weighted by Crippen LogP contribution is 2.28. The van der Waals surface area contributed by atoms with Crippen LogP contribution in [0.15, 0.2) is 18.3 Å². The Morgan fingerprint density at radius 1 is 1.22 bits per heavy atom. The maximum atomic E-state index is 5.92. The van der Waals surface area contributed by atoms with Gasteiger partial charge in [-0.15, -0.1) is 0 Å². The number of aromatic nitrogens is 1. The molecule has 2 fully saturated rings. The fourth-order valence-electron chi connectivity index (χ4n) is 3.24. The van der Waals surface area contributed by atoms with Crippen molar-refractivity contribution >= 4 is 17.4 Å². The van der Waals surface area contributed by atoms with Gasteiger partial charge in [0.05, 0.1) is 5.02 Å². The molecule has 0 saturated carbocycles. The zero-order valence-corrected chi connectivity index (χ0v) is 11.4. The summed E-state index contributed by atoms with van der Waals surface area (Å²) in [5.41, 5.74) is 0. The summed E-state index contributed by atoms with van der Waals surface area (Å²) in [7, 11) is 0. The van der Waals surface area contributed by atoms with Gasteiger partial charge in [0.1, 0.15) is 5.82 Å². The number of hydrogen-bond donors (Lipinski definition) is 1. The van der Waals surface area contributed by atoms with E-state index in [9.17, 15) is 0 Å². The van der Waals surface area contributed by atoms with Gasteiger partial charge in [-0.25, -0.2) is 4.98 Å². The molecule has 1 aromatic heterocycles. The van der Waals surface area contributed by atoms with Crippen molar-refractivity contribution in [3.05, 3.63) is 23.4 Å². The minimum atomic E-state index is 0.606. The van der Waals surface area contributed by atoms with Crippen LogP contribution in [0.25, 0.3) is 0 Å². The number of piperidine rings is 1. The predicted octanol–water partition coefficient (Wildman–Crippen LogP) is 2.85. The van der Waals surface area contributed by atoms with E-state index >= 15 is 0 Å². The van der Waals surface area contributed by atoms with E-state index in [0.717, 1.165) is 12.4 Å². The van der Waals surface area contributed by atoms with Crippen molar-refractivity contribution in [2.75, 3.05) is 18.0 Å². The first-order valence-electron chi connectivity index (χ1n) is 6.96. The van der Waals surface area contributed by atoms with Crippen LogP contribution < -0.4 is 10.2 Å². The number of pyridine rings is 1. The van der Waals surface area contributed by atoms with Crippen LogP contribution in [0.4, 0.5) is 5.82 Å². The maximum absolute atomic E-state index is 5.92. The van der Waals surface area contributed by atoms with Gasteiger partial charge in [-0.3, -0.25) is 0 Å². The summed E-state index contributed by atoms with van der Waals surface area (Å²) in [6, 6.07) is 5.24. The Hall–Kier alpha value is -0.800. The van der Waals surface area contributed by atoms with E-state index in [1.807, 2.05) is 6.07 Å². The smallest absolute Gasteiger partial charge is 0.128 e. The number of nitrogens with zero attached hydrogens (tertiary/aromatic N) is 2. The maximum Gasteiger partial charge on any atom is 0.128 e. The lowest BCUT2D eigenvalue weighted by molar-refractivity contribution is 0.376. The van der Waals surface area contributed by atoms with Crippen LogP contribution in [0.5, 0.6) is 0 Å². The monoisotopic (exact) mass is 265 g/mol. The Morgan fingerprint density at radius 2 is 2.17 bits per heavy atom. The molecule has 4 heteroatoms. The van der Waals surface area contributed by atoms with Gasteiger partial charge in [0.15, 0.2) is 0 Å². The zero-order valence-electron chi connectivity index (χ0n) is 10.6. The molecule has 0 spiro atoms. The minimum absolute atomic E-state index is 0.606. The molecule has 0 amide bonds. The summed E-state index contributed by atoms with van der Waals surface area (Å²) in [4.78, 5) is 6.96. The molecule has 3 rings (SSSR count). The quantitative estimate of drug-likeness (QED) is 0.891. The van der Waals surface area contributed by atoms with Gasteiger partial charge in [0.25, 0.3) is 0 Å². The van der Waals surface area contributed by atoms with Crippen LogP contribution in [0.1, 0.15) is 32.1 Å². The Balaban J connectivity index is 1.80. The second-order valence-corrected chi connectivity index (χ2v) is 5.73. The molecule has 2 atom stereocenters. The van der Waals surface area contributed by atoms with Crippen molar-refractivity contribution in [2.24, 2.45) is 0 Å². The summed E-state index contributed by atoms with van der Waals surface area (Å²) in [5.74, 6) is 1.08. The highest BCUT2D eigenvalue weighted by Gasteiger charge is 2.32. The van der Waals surface area contributed by atoms with Crippen molar-refractivity contribution in [3.8, 4) is 0 Å². The topological polar surface area (TPSA) is 28.2 Å². The summed E-state index contributed by atoms with van der Waals surface area (Å²) in [6.07, 6.45) is 8.25. The third-order valence-electron chi connectivity index (χ3n) is 4.12. The molecule has 98 valence electrons. The fraction of sp³-hybridized carbons (Fsp3) is 0.643. The number of halogens is 1. The van der Waals surface area contributed by atoms with Gasteiger partial charge in [-0.1, -0.05) is 11.6 Å². The molecule has 1 aromatic rings. The third kappa shape index (κ3) is 2.47. The molecule has 2 unspecified atom stereocenters. The molecule has 3 heterocycles. The Bertz CT molecular complexity index is 387. The average molecular weight is 266 g/mol. The van der Waals surface area contributed by atoms with Gasteiger partial charge in [0, 0.05) is 24.8 Å². The highest BCUT2D eigenvalue weighted by molar-refractivity contribution is 6.30. The van der Waals surface area contributed by atoms with Crippen LogP contribution in [0, 0.1) is 0 Å². The molecule has 2 aliphatic rings. The number of rotatable bonds is 2. The van der Waals surface area contributed by atoms with E-state index in [-0.39, 0.29) is 0 Å². The van der Waals surface area contributed by atoms with Crippen LogP contribution in [-0.4, -0.2) is 30.2 Å². The molecule has 2 aliphatic heterocycles. The first-order chi connectivity index (χ1) is 8.84. The van der Waals surface area contributed by atoms with Crippen LogP contribution >= 0.6 is 11.6 Å². The van der Waals surface area contributed by atoms with Gasteiger partial charge < -0.3 is 10.2 Å². The number of nitrogens with one attached hydrogen (secondary N) is 1. The molecular formula is C14H20ClN3. The Labute approximate surface area is 114 Å². The second kappa shape index (κ2) is 5.45. The summed E-state index contributed by atoms with van der Waals surface area (Å²) >= 11 is 5.92. The van der Waals surface area contributed by atoms with E-state index in [1.54, 1.807) is 6.20 Å². The normalized spacial score (nSPS) is 28.6. The van der Waals surface area contributed by atoms with Crippen LogP contribution in [0.3, 0.4) is 0 Å². The SMILES string of the molecule is Clc1ccc(N2CCCCC2C2CCCN2)nc1. The molecule has 0 aliphatic carbocycles. The van der Waals surface area contributed by atoms with Crippen LogP contribution in [0.2, 0.25) is 5.02 Å². The van der Waals surface area contributed by atoms with Crippen molar-refractivity contribution in [3.63, 3.8) is 0 Å². The number of hydrogen-bond acceptors (Lipinski definition) is 3. The van der Waals surface area contributed by atoms with Gasteiger partial charge in [0.2, 0.25) is 0 Å². The van der Waals surface area contributed by atoms with Gasteiger partial charge in [-0.2, -0.15) is 0 Å². The lowest BCUT2D eigenvalue weighted by Crippen LogP contribution is -2.50. The molecule has 3 nitrogen and oxygen atoms in total.